The van der Waals surface area contributed by atoms with E-state index < -0.39 is 15.8 Å². The van der Waals surface area contributed by atoms with Gasteiger partial charge in [0.1, 0.15) is 10.7 Å². The molecule has 20 heavy (non-hydrogen) atoms. The zero-order valence-corrected chi connectivity index (χ0v) is 11.7. The summed E-state index contributed by atoms with van der Waals surface area (Å²) in [5.74, 6) is 4.51. The second kappa shape index (κ2) is 6.35. The highest BCUT2D eigenvalue weighted by Gasteiger charge is 2.26. The van der Waals surface area contributed by atoms with Gasteiger partial charge in [-0.25, -0.2) is 17.5 Å². The first-order valence-electron chi connectivity index (χ1n) is 6.44. The van der Waals surface area contributed by atoms with Gasteiger partial charge in [0.05, 0.1) is 6.61 Å². The minimum Gasteiger partial charge on any atom is -0.395 e. The summed E-state index contributed by atoms with van der Waals surface area (Å²) >= 11 is 0. The molecule has 0 bridgehead atoms. The number of nitrogens with one attached hydrogen (secondary N) is 1. The molecule has 1 saturated carbocycles. The molecule has 1 aliphatic carbocycles. The van der Waals surface area contributed by atoms with E-state index in [4.69, 9.17) is 5.11 Å². The van der Waals surface area contributed by atoms with E-state index in [1.807, 2.05) is 0 Å². The maximum atomic E-state index is 13.9. The van der Waals surface area contributed by atoms with Crippen molar-refractivity contribution in [2.24, 2.45) is 0 Å². The zero-order chi connectivity index (χ0) is 14.6. The zero-order valence-electron chi connectivity index (χ0n) is 10.9. The predicted molar refractivity (Wildman–Crippen MR) is 72.9 cm³/mol. The number of halogens is 1. The molecular formula is C14H16FNO3S. The molecule has 1 aromatic rings. The number of benzene rings is 1. The highest BCUT2D eigenvalue weighted by Crippen LogP contribution is 2.22. The normalized spacial score (nSPS) is 15.3. The molecule has 2 N–H and O–H groups in total. The molecule has 0 aromatic heterocycles. The van der Waals surface area contributed by atoms with Crippen LogP contribution in [0.15, 0.2) is 23.1 Å². The number of sulfonamides is 1. The van der Waals surface area contributed by atoms with E-state index in [0.717, 1.165) is 25.3 Å². The van der Waals surface area contributed by atoms with Crippen molar-refractivity contribution in [3.8, 4) is 11.8 Å². The molecule has 2 rings (SSSR count). The summed E-state index contributed by atoms with van der Waals surface area (Å²) < 4.78 is 40.4. The Morgan fingerprint density at radius 3 is 2.70 bits per heavy atom. The summed E-state index contributed by atoms with van der Waals surface area (Å²) in [6, 6.07) is 3.70. The summed E-state index contributed by atoms with van der Waals surface area (Å²) in [6.45, 7) is -0.0622. The molecule has 0 unspecified atom stereocenters. The van der Waals surface area contributed by atoms with Gasteiger partial charge in [0.15, 0.2) is 0 Å². The van der Waals surface area contributed by atoms with Crippen LogP contribution in [0.5, 0.6) is 0 Å². The molecule has 108 valence electrons. The topological polar surface area (TPSA) is 66.4 Å². The molecule has 1 aromatic carbocycles. The third-order valence-electron chi connectivity index (χ3n) is 3.12. The van der Waals surface area contributed by atoms with Crippen LogP contribution in [0.1, 0.15) is 31.2 Å². The van der Waals surface area contributed by atoms with Gasteiger partial charge in [-0.1, -0.05) is 18.3 Å². The van der Waals surface area contributed by atoms with Crippen molar-refractivity contribution in [1.29, 1.82) is 0 Å². The Kier molecular flexibility index (Phi) is 4.76. The molecule has 0 heterocycles. The van der Waals surface area contributed by atoms with Crippen LogP contribution in [0, 0.1) is 17.7 Å². The van der Waals surface area contributed by atoms with Crippen molar-refractivity contribution in [3.05, 3.63) is 29.6 Å². The van der Waals surface area contributed by atoms with E-state index in [1.54, 1.807) is 0 Å². The Hall–Kier alpha value is -1.42. The Balaban J connectivity index is 2.18. The molecule has 1 aliphatic rings. The van der Waals surface area contributed by atoms with Crippen molar-refractivity contribution in [2.45, 2.75) is 36.6 Å². The first-order chi connectivity index (χ1) is 9.53. The Bertz CT molecular complexity index is 642. The van der Waals surface area contributed by atoms with Gasteiger partial charge in [0, 0.05) is 18.0 Å². The molecule has 0 spiro atoms. The van der Waals surface area contributed by atoms with E-state index in [2.05, 4.69) is 16.6 Å². The predicted octanol–water partition coefficient (Wildman–Crippen LogP) is 1.39. The summed E-state index contributed by atoms with van der Waals surface area (Å²) in [5.41, 5.74) is 0.388. The lowest BCUT2D eigenvalue weighted by Gasteiger charge is -2.26. The molecule has 0 radical (unpaired) electrons. The van der Waals surface area contributed by atoms with Gasteiger partial charge in [-0.15, -0.1) is 0 Å². The molecule has 0 aliphatic heterocycles. The van der Waals surface area contributed by atoms with E-state index >= 15 is 0 Å². The molecular weight excluding hydrogens is 281 g/mol. The number of hydrogen-bond acceptors (Lipinski definition) is 3. The van der Waals surface area contributed by atoms with Crippen LogP contribution in [-0.4, -0.2) is 26.2 Å². The number of aliphatic hydroxyl groups is 1. The average molecular weight is 297 g/mol. The highest BCUT2D eigenvalue weighted by atomic mass is 32.2. The van der Waals surface area contributed by atoms with Gasteiger partial charge in [0.25, 0.3) is 0 Å². The van der Waals surface area contributed by atoms with Gasteiger partial charge in [-0.05, 0) is 31.0 Å². The first kappa shape index (κ1) is 15.0. The fraction of sp³-hybridized carbons (Fsp3) is 0.429. The van der Waals surface area contributed by atoms with E-state index in [-0.39, 0.29) is 17.5 Å². The third kappa shape index (κ3) is 3.57. The van der Waals surface area contributed by atoms with Crippen LogP contribution < -0.4 is 4.72 Å². The second-order valence-corrected chi connectivity index (χ2v) is 6.35. The van der Waals surface area contributed by atoms with Gasteiger partial charge in [0.2, 0.25) is 10.0 Å². The third-order valence-corrected chi connectivity index (χ3v) is 4.67. The van der Waals surface area contributed by atoms with Crippen molar-refractivity contribution in [1.82, 2.24) is 4.72 Å². The van der Waals surface area contributed by atoms with Crippen molar-refractivity contribution < 1.29 is 17.9 Å². The number of rotatable bonds is 4. The minimum absolute atomic E-state index is 0.0622. The Morgan fingerprint density at radius 1 is 1.40 bits per heavy atom. The standard InChI is InChI=1S/C14H16FNO3S/c15-13-10-11(4-1-2-9-17)7-8-14(13)20(18,19)16-12-5-3-6-12/h7-8,10,12,16-17H,2-3,5-6,9H2. The van der Waals surface area contributed by atoms with Crippen molar-refractivity contribution >= 4 is 10.0 Å². The van der Waals surface area contributed by atoms with Crippen LogP contribution in [0.3, 0.4) is 0 Å². The van der Waals surface area contributed by atoms with Crippen LogP contribution in [0.25, 0.3) is 0 Å². The minimum atomic E-state index is -3.81. The quantitative estimate of drug-likeness (QED) is 0.825. The largest absolute Gasteiger partial charge is 0.395 e. The molecule has 0 saturated heterocycles. The van der Waals surface area contributed by atoms with Gasteiger partial charge >= 0.3 is 0 Å². The van der Waals surface area contributed by atoms with Crippen LogP contribution in [-0.2, 0) is 10.0 Å². The fourth-order valence-corrected chi connectivity index (χ4v) is 3.19. The summed E-state index contributed by atoms with van der Waals surface area (Å²) in [5, 5.41) is 8.60. The highest BCUT2D eigenvalue weighted by molar-refractivity contribution is 7.89. The molecule has 6 heteroatoms. The fourth-order valence-electron chi connectivity index (χ4n) is 1.83. The SMILES string of the molecule is O=S(=O)(NC1CCC1)c1ccc(C#CCCO)cc1F. The summed E-state index contributed by atoms with van der Waals surface area (Å²) in [4.78, 5) is -0.350. The lowest BCUT2D eigenvalue weighted by atomic mass is 9.94. The molecule has 4 nitrogen and oxygen atoms in total. The maximum Gasteiger partial charge on any atom is 0.243 e. The van der Waals surface area contributed by atoms with E-state index in [0.29, 0.717) is 12.0 Å². The van der Waals surface area contributed by atoms with E-state index in [1.165, 1.54) is 12.1 Å². The molecule has 1 fully saturated rings. The lowest BCUT2D eigenvalue weighted by molar-refractivity contribution is 0.305. The second-order valence-electron chi connectivity index (χ2n) is 4.67. The van der Waals surface area contributed by atoms with Crippen LogP contribution in [0.4, 0.5) is 4.39 Å². The average Bonchev–Trinajstić information content (AvgIpc) is 2.34. The summed E-state index contributed by atoms with van der Waals surface area (Å²) in [7, 11) is -3.81. The van der Waals surface area contributed by atoms with Crippen molar-refractivity contribution in [2.75, 3.05) is 6.61 Å². The Labute approximate surface area is 118 Å². The molecule has 0 amide bonds. The smallest absolute Gasteiger partial charge is 0.243 e. The van der Waals surface area contributed by atoms with E-state index in [9.17, 15) is 12.8 Å². The summed E-state index contributed by atoms with van der Waals surface area (Å²) in [6.07, 6.45) is 2.89. The lowest BCUT2D eigenvalue weighted by Crippen LogP contribution is -2.39. The van der Waals surface area contributed by atoms with Gasteiger partial charge in [-0.3, -0.25) is 0 Å². The van der Waals surface area contributed by atoms with Crippen LogP contribution >= 0.6 is 0 Å². The molecule has 0 atom stereocenters. The number of aliphatic hydroxyl groups excluding tert-OH is 1. The van der Waals surface area contributed by atoms with Crippen LogP contribution in [0.2, 0.25) is 0 Å². The monoisotopic (exact) mass is 297 g/mol. The first-order valence-corrected chi connectivity index (χ1v) is 7.93. The maximum absolute atomic E-state index is 13.9. The number of hydrogen-bond donors (Lipinski definition) is 2. The van der Waals surface area contributed by atoms with Crippen molar-refractivity contribution in [3.63, 3.8) is 0 Å². The van der Waals surface area contributed by atoms with Gasteiger partial charge in [-0.2, -0.15) is 0 Å². The Morgan fingerprint density at radius 2 is 2.15 bits per heavy atom. The van der Waals surface area contributed by atoms with Gasteiger partial charge < -0.3 is 5.11 Å².